The molecule has 2 aromatic heterocycles. The number of benzene rings is 2. The zero-order valence-electron chi connectivity index (χ0n) is 27.0. The van der Waals surface area contributed by atoms with Crippen molar-refractivity contribution in [2.24, 2.45) is 11.8 Å². The second-order valence-corrected chi connectivity index (χ2v) is 14.6. The van der Waals surface area contributed by atoms with E-state index < -0.39 is 0 Å². The lowest BCUT2D eigenvalue weighted by molar-refractivity contribution is -0.169. The molecule has 0 aliphatic carbocycles. The van der Waals surface area contributed by atoms with Crippen molar-refractivity contribution in [3.8, 4) is 42.1 Å². The summed E-state index contributed by atoms with van der Waals surface area (Å²) in [5.74, 6) is 2.36. The molecule has 6 rings (SSSR count). The van der Waals surface area contributed by atoms with Crippen LogP contribution in [0.25, 0.3) is 30.6 Å². The van der Waals surface area contributed by atoms with Crippen LogP contribution < -0.4 is 9.47 Å². The van der Waals surface area contributed by atoms with Crippen molar-refractivity contribution < 1.29 is 28.4 Å². The van der Waals surface area contributed by atoms with Crippen molar-refractivity contribution in [2.75, 3.05) is 39.6 Å². The highest BCUT2D eigenvalue weighted by Crippen LogP contribution is 2.40. The fourth-order valence-electron chi connectivity index (χ4n) is 5.48. The van der Waals surface area contributed by atoms with Gasteiger partial charge in [-0.15, -0.1) is 22.7 Å². The maximum atomic E-state index is 6.05. The molecule has 0 radical (unpaired) electrons. The van der Waals surface area contributed by atoms with E-state index >= 15 is 0 Å². The molecule has 0 bridgehead atoms. The predicted molar refractivity (Wildman–Crippen MR) is 187 cm³/mol. The zero-order valence-corrected chi connectivity index (χ0v) is 28.6. The highest BCUT2D eigenvalue weighted by atomic mass is 32.1. The Hall–Kier alpha value is -2.72. The molecule has 2 aliphatic heterocycles. The normalized spacial score (nSPS) is 19.9. The van der Waals surface area contributed by atoms with E-state index in [0.29, 0.717) is 38.3 Å². The lowest BCUT2D eigenvalue weighted by Crippen LogP contribution is -2.26. The van der Waals surface area contributed by atoms with Gasteiger partial charge in [0.25, 0.3) is 0 Å². The minimum atomic E-state index is -0.0499. The Bertz CT molecular complexity index is 1340. The smallest absolute Gasteiger partial charge is 0.157 e. The Balaban J connectivity index is 0.956. The monoisotopic (exact) mass is 662 g/mol. The van der Waals surface area contributed by atoms with Gasteiger partial charge in [0, 0.05) is 44.6 Å². The molecule has 46 heavy (non-hydrogen) atoms. The minimum Gasteiger partial charge on any atom is -0.493 e. The molecular formula is C38H46O6S2. The van der Waals surface area contributed by atoms with Crippen LogP contribution in [0.1, 0.15) is 52.4 Å². The lowest BCUT2D eigenvalue weighted by Gasteiger charge is -2.24. The van der Waals surface area contributed by atoms with Crippen LogP contribution >= 0.6 is 22.7 Å². The summed E-state index contributed by atoms with van der Waals surface area (Å²) < 4.78 is 35.2. The number of hydrogen-bond donors (Lipinski definition) is 0. The van der Waals surface area contributed by atoms with E-state index in [1.54, 1.807) is 0 Å². The summed E-state index contributed by atoms with van der Waals surface area (Å²) >= 11 is 3.64. The second kappa shape index (κ2) is 16.9. The summed E-state index contributed by atoms with van der Waals surface area (Å²) in [7, 11) is 0. The van der Waals surface area contributed by atoms with Crippen LogP contribution in [0.2, 0.25) is 0 Å². The van der Waals surface area contributed by atoms with Crippen LogP contribution in [-0.2, 0) is 18.9 Å². The lowest BCUT2D eigenvalue weighted by atomic mass is 10.1. The van der Waals surface area contributed by atoms with E-state index in [-0.39, 0.29) is 12.6 Å². The maximum Gasteiger partial charge on any atom is 0.157 e. The van der Waals surface area contributed by atoms with Crippen LogP contribution in [-0.4, -0.2) is 52.2 Å². The first-order valence-electron chi connectivity index (χ1n) is 16.7. The first-order valence-corrected chi connectivity index (χ1v) is 18.4. The van der Waals surface area contributed by atoms with Gasteiger partial charge in [-0.25, -0.2) is 0 Å². The number of rotatable bonds is 15. The highest BCUT2D eigenvalue weighted by molar-refractivity contribution is 7.25. The Morgan fingerprint density at radius 2 is 0.957 bits per heavy atom. The van der Waals surface area contributed by atoms with Crippen molar-refractivity contribution in [2.45, 2.75) is 65.0 Å². The molecule has 246 valence electrons. The quantitative estimate of drug-likeness (QED) is 0.126. The third kappa shape index (κ3) is 9.66. The number of thiophene rings is 2. The molecule has 2 saturated heterocycles. The van der Waals surface area contributed by atoms with Crippen LogP contribution in [0.5, 0.6) is 11.5 Å². The molecule has 4 heterocycles. The molecule has 4 aromatic rings. The fourth-order valence-corrected chi connectivity index (χ4v) is 7.60. The van der Waals surface area contributed by atoms with Gasteiger partial charge < -0.3 is 28.4 Å². The first kappa shape index (κ1) is 33.2. The third-order valence-electron chi connectivity index (χ3n) is 8.21. The average molecular weight is 663 g/mol. The van der Waals surface area contributed by atoms with Gasteiger partial charge in [0.1, 0.15) is 11.5 Å². The van der Waals surface area contributed by atoms with Crippen molar-refractivity contribution in [1.82, 2.24) is 0 Å². The van der Waals surface area contributed by atoms with Crippen molar-refractivity contribution in [3.05, 3.63) is 72.8 Å². The van der Waals surface area contributed by atoms with Crippen LogP contribution in [0, 0.1) is 11.8 Å². The largest absolute Gasteiger partial charge is 0.493 e. The molecule has 8 heteroatoms. The van der Waals surface area contributed by atoms with E-state index in [1.165, 1.54) is 43.5 Å². The summed E-state index contributed by atoms with van der Waals surface area (Å²) in [5, 5.41) is 0. The van der Waals surface area contributed by atoms with Gasteiger partial charge in [0.2, 0.25) is 0 Å². The van der Waals surface area contributed by atoms with Crippen LogP contribution in [0.15, 0.2) is 72.8 Å². The molecule has 0 saturated carbocycles. The van der Waals surface area contributed by atoms with E-state index in [2.05, 4.69) is 86.6 Å². The van der Waals surface area contributed by atoms with Gasteiger partial charge >= 0.3 is 0 Å². The fraction of sp³-hybridized carbons (Fsp3) is 0.474. The summed E-state index contributed by atoms with van der Waals surface area (Å²) in [6.45, 7) is 8.46. The minimum absolute atomic E-state index is 0.0499. The molecule has 0 N–H and O–H groups in total. The second-order valence-electron chi connectivity index (χ2n) is 12.5. The summed E-state index contributed by atoms with van der Waals surface area (Å²) in [5.41, 5.74) is 2.40. The highest BCUT2D eigenvalue weighted by Gasteiger charge is 2.17. The molecule has 2 aromatic carbocycles. The van der Waals surface area contributed by atoms with Crippen LogP contribution in [0.4, 0.5) is 0 Å². The maximum absolute atomic E-state index is 6.05. The molecule has 4 unspecified atom stereocenters. The SMILES string of the molecule is CC(COc1ccc(-c2ccc(-c3ccc(-c4ccc(OCC(C)COC5CCCCO5)cc4)s3)s2)cc1)COC1CCCCO1. The molecule has 6 nitrogen and oxygen atoms in total. The Kier molecular flexibility index (Phi) is 12.2. The molecule has 2 aliphatic rings. The molecular weight excluding hydrogens is 617 g/mol. The Morgan fingerprint density at radius 3 is 1.35 bits per heavy atom. The average Bonchev–Trinajstić information content (AvgIpc) is 3.80. The topological polar surface area (TPSA) is 55.4 Å². The summed E-state index contributed by atoms with van der Waals surface area (Å²) in [6.07, 6.45) is 6.52. The first-order chi connectivity index (χ1) is 22.6. The van der Waals surface area contributed by atoms with Crippen LogP contribution in [0.3, 0.4) is 0 Å². The molecule has 2 fully saturated rings. The van der Waals surface area contributed by atoms with Gasteiger partial charge in [0.05, 0.1) is 26.4 Å². The standard InChI is InChI=1S/C38H46O6S2/c1-27(25-43-37-7-3-5-21-39-37)23-41-31-13-9-29(10-14-31)33-17-19-35(45-33)36-20-18-34(46-36)30-11-15-32(16-12-30)42-24-28(2)26-44-38-8-4-6-22-40-38/h9-20,27-28,37-38H,3-8,21-26H2,1-2H3. The number of hydrogen-bond acceptors (Lipinski definition) is 8. The van der Waals surface area contributed by atoms with Gasteiger partial charge in [-0.3, -0.25) is 0 Å². The Morgan fingerprint density at radius 1 is 0.543 bits per heavy atom. The van der Waals surface area contributed by atoms with Crippen molar-refractivity contribution in [1.29, 1.82) is 0 Å². The number of ether oxygens (including phenoxy) is 6. The molecule has 4 atom stereocenters. The van der Waals surface area contributed by atoms with Gasteiger partial charge in [-0.2, -0.15) is 0 Å². The third-order valence-corrected chi connectivity index (χ3v) is 10.7. The Labute approximate surface area is 281 Å². The van der Waals surface area contributed by atoms with E-state index in [0.717, 1.165) is 50.4 Å². The summed E-state index contributed by atoms with van der Waals surface area (Å²) in [6, 6.07) is 25.7. The zero-order chi connectivity index (χ0) is 31.6. The molecule has 0 spiro atoms. The van der Waals surface area contributed by atoms with E-state index in [4.69, 9.17) is 28.4 Å². The van der Waals surface area contributed by atoms with Crippen molar-refractivity contribution in [3.63, 3.8) is 0 Å². The van der Waals surface area contributed by atoms with E-state index in [1.807, 2.05) is 22.7 Å². The molecule has 0 amide bonds. The van der Waals surface area contributed by atoms with Crippen molar-refractivity contribution >= 4 is 22.7 Å². The predicted octanol–water partition coefficient (Wildman–Crippen LogP) is 9.93. The van der Waals surface area contributed by atoms with Gasteiger partial charge in [0.15, 0.2) is 12.6 Å². The van der Waals surface area contributed by atoms with E-state index in [9.17, 15) is 0 Å². The van der Waals surface area contributed by atoms with Gasteiger partial charge in [-0.1, -0.05) is 13.8 Å². The summed E-state index contributed by atoms with van der Waals surface area (Å²) in [4.78, 5) is 5.05. The van der Waals surface area contributed by atoms with Gasteiger partial charge in [-0.05, 0) is 122 Å².